The first-order chi connectivity index (χ1) is 14.7. The molecule has 7 nitrogen and oxygen atoms in total. The molecule has 0 amide bonds. The molecule has 0 aromatic heterocycles. The molecule has 1 unspecified atom stereocenters. The van der Waals surface area contributed by atoms with Gasteiger partial charge in [-0.2, -0.15) is 13.2 Å². The first-order valence-electron chi connectivity index (χ1n) is 8.46. The average Bonchev–Trinajstić information content (AvgIpc) is 2.67. The normalized spacial score (nSPS) is 12.9. The highest BCUT2D eigenvalue weighted by Crippen LogP contribution is 2.38. The van der Waals surface area contributed by atoms with Gasteiger partial charge >= 0.3 is 12.1 Å². The fourth-order valence-electron chi connectivity index (χ4n) is 2.30. The van der Waals surface area contributed by atoms with Crippen molar-refractivity contribution in [1.29, 1.82) is 0 Å². The lowest BCUT2D eigenvalue weighted by molar-refractivity contribution is -0.385. The molecule has 0 fully saturated rings. The van der Waals surface area contributed by atoms with Crippen molar-refractivity contribution in [3.63, 3.8) is 0 Å². The van der Waals surface area contributed by atoms with E-state index in [9.17, 15) is 28.1 Å². The summed E-state index contributed by atoms with van der Waals surface area (Å²) in [6, 6.07) is 5.29. The molecule has 0 heterocycles. The molecule has 0 saturated heterocycles. The summed E-state index contributed by atoms with van der Waals surface area (Å²) in [6.07, 6.45) is -6.30. The Bertz CT molecular complexity index is 1010. The second kappa shape index (κ2) is 10.3. The summed E-state index contributed by atoms with van der Waals surface area (Å²) in [6.45, 7) is 1.52. The van der Waals surface area contributed by atoms with E-state index in [1.54, 1.807) is 0 Å². The van der Waals surface area contributed by atoms with Crippen LogP contribution in [0, 0.1) is 10.1 Å². The smallest absolute Gasteiger partial charge is 0.416 e. The Balaban J connectivity index is 2.38. The van der Waals surface area contributed by atoms with Gasteiger partial charge in [0, 0.05) is 18.7 Å². The van der Waals surface area contributed by atoms with Crippen molar-refractivity contribution >= 4 is 58.1 Å². The molecule has 0 bridgehead atoms. The van der Waals surface area contributed by atoms with E-state index in [-0.39, 0.29) is 23.1 Å². The number of nitro benzene ring substituents is 1. The van der Waals surface area contributed by atoms with Gasteiger partial charge in [0.15, 0.2) is 0 Å². The molecule has 0 spiro atoms. The molecule has 0 radical (unpaired) electrons. The number of ether oxygens (including phenoxy) is 3. The molecule has 2 rings (SSSR count). The molecule has 174 valence electrons. The molecule has 14 heteroatoms. The van der Waals surface area contributed by atoms with Gasteiger partial charge in [0.05, 0.1) is 15.5 Å². The Morgan fingerprint density at radius 1 is 1.16 bits per heavy atom. The predicted molar refractivity (Wildman–Crippen MR) is 111 cm³/mol. The molecule has 0 saturated carbocycles. The molecule has 2 aromatic rings. The van der Waals surface area contributed by atoms with E-state index < -0.39 is 44.0 Å². The minimum Gasteiger partial charge on any atom is -0.456 e. The summed E-state index contributed by atoms with van der Waals surface area (Å²) in [5, 5.41) is 10.9. The summed E-state index contributed by atoms with van der Waals surface area (Å²) in [4.78, 5) is 23.0. The number of hydrogen-bond donors (Lipinski definition) is 0. The third-order valence-electron chi connectivity index (χ3n) is 3.67. The Morgan fingerprint density at radius 3 is 2.31 bits per heavy atom. The highest BCUT2D eigenvalue weighted by Gasteiger charge is 2.38. The summed E-state index contributed by atoms with van der Waals surface area (Å²) in [5.74, 6) is -1.63. The van der Waals surface area contributed by atoms with Crippen LogP contribution in [-0.2, 0) is 15.7 Å². The average molecular weight is 537 g/mol. The molecule has 1 atom stereocenters. The van der Waals surface area contributed by atoms with Gasteiger partial charge in [-0.25, -0.2) is 4.79 Å². The molecule has 32 heavy (non-hydrogen) atoms. The Kier molecular flexibility index (Phi) is 8.46. The first-order valence-corrected chi connectivity index (χ1v) is 9.97. The molecule has 2 aromatic carbocycles. The lowest BCUT2D eigenvalue weighted by Gasteiger charge is -2.23. The number of esters is 1. The lowest BCUT2D eigenvalue weighted by Crippen LogP contribution is -2.34. The van der Waals surface area contributed by atoms with Crippen LogP contribution in [0.2, 0.25) is 5.02 Å². The number of nitrogens with zero attached hydrogens (tertiary/aromatic N) is 1. The number of hydrogen-bond acceptors (Lipinski definition) is 6. The van der Waals surface area contributed by atoms with E-state index >= 15 is 0 Å². The summed E-state index contributed by atoms with van der Waals surface area (Å²) in [7, 11) is 0. The monoisotopic (exact) mass is 535 g/mol. The van der Waals surface area contributed by atoms with Crippen molar-refractivity contribution < 1.29 is 37.1 Å². The number of alkyl halides is 6. The second-order valence-electron chi connectivity index (χ2n) is 5.92. The van der Waals surface area contributed by atoms with Crippen molar-refractivity contribution in [1.82, 2.24) is 0 Å². The van der Waals surface area contributed by atoms with E-state index in [1.807, 2.05) is 0 Å². The molecular weight excluding hydrogens is 525 g/mol. The Hall–Kier alpha value is -1.98. The van der Waals surface area contributed by atoms with E-state index in [4.69, 9.17) is 60.6 Å². The maximum atomic E-state index is 12.8. The quantitative estimate of drug-likeness (QED) is 0.125. The maximum Gasteiger partial charge on any atom is 0.416 e. The van der Waals surface area contributed by atoms with Crippen molar-refractivity contribution in [3.05, 3.63) is 62.7 Å². The maximum absolute atomic E-state index is 12.8. The zero-order valence-corrected chi connectivity index (χ0v) is 18.8. The summed E-state index contributed by atoms with van der Waals surface area (Å²) >= 11 is 22.9. The molecule has 0 N–H and O–H groups in total. The van der Waals surface area contributed by atoms with Crippen LogP contribution in [0.15, 0.2) is 36.4 Å². The standard InChI is InChI=1S/C18H12Cl4F3NO6/c1-2-30-16(17(20,21)22)32-15(27)11-8-10(4-5-13(11)26(28)29)31-14-6-3-9(7-12(14)19)18(23,24)25/h3-8,16H,2H2,1H3. The molecule has 0 aliphatic carbocycles. The highest BCUT2D eigenvalue weighted by molar-refractivity contribution is 6.68. The van der Waals surface area contributed by atoms with Crippen LogP contribution in [0.1, 0.15) is 22.8 Å². The Labute approximate surface area is 199 Å². The van der Waals surface area contributed by atoms with Crippen molar-refractivity contribution in [2.24, 2.45) is 0 Å². The predicted octanol–water partition coefficient (Wildman–Crippen LogP) is 6.95. The number of halogens is 7. The van der Waals surface area contributed by atoms with Crippen LogP contribution in [0.3, 0.4) is 0 Å². The van der Waals surface area contributed by atoms with Crippen molar-refractivity contribution in [2.45, 2.75) is 23.2 Å². The van der Waals surface area contributed by atoms with Gasteiger partial charge in [-0.1, -0.05) is 46.4 Å². The van der Waals surface area contributed by atoms with Crippen LogP contribution in [0.5, 0.6) is 11.5 Å². The topological polar surface area (TPSA) is 87.9 Å². The summed E-state index contributed by atoms with van der Waals surface area (Å²) in [5.41, 5.74) is -2.26. The van der Waals surface area contributed by atoms with Crippen LogP contribution in [-0.4, -0.2) is 27.6 Å². The summed E-state index contributed by atoms with van der Waals surface area (Å²) < 4.78 is 51.5. The lowest BCUT2D eigenvalue weighted by atomic mass is 10.1. The number of nitro groups is 1. The Morgan fingerprint density at radius 2 is 1.81 bits per heavy atom. The SMILES string of the molecule is CCOC(OC(=O)c1cc(Oc2ccc(C(F)(F)F)cc2Cl)ccc1[N+](=O)[O-])C(Cl)(Cl)Cl. The van der Waals surface area contributed by atoms with Crippen molar-refractivity contribution in [3.8, 4) is 11.5 Å². The zero-order chi connectivity index (χ0) is 24.3. The minimum atomic E-state index is -4.62. The van der Waals surface area contributed by atoms with Gasteiger partial charge < -0.3 is 14.2 Å². The fraction of sp³-hybridized carbons (Fsp3) is 0.278. The van der Waals surface area contributed by atoms with Crippen LogP contribution < -0.4 is 4.74 Å². The third kappa shape index (κ3) is 6.76. The number of carbonyl (C=O) groups excluding carboxylic acids is 1. The molecule has 0 aliphatic heterocycles. The van der Waals surface area contributed by atoms with Crippen LogP contribution in [0.25, 0.3) is 0 Å². The van der Waals surface area contributed by atoms with Crippen LogP contribution >= 0.6 is 46.4 Å². The largest absolute Gasteiger partial charge is 0.456 e. The zero-order valence-electron chi connectivity index (χ0n) is 15.8. The molecule has 0 aliphatic rings. The fourth-order valence-corrected chi connectivity index (χ4v) is 2.84. The van der Waals surface area contributed by atoms with E-state index in [0.29, 0.717) is 6.07 Å². The number of benzene rings is 2. The first kappa shape index (κ1) is 26.3. The van der Waals surface area contributed by atoms with Gasteiger partial charge in [0.25, 0.3) is 15.8 Å². The van der Waals surface area contributed by atoms with Gasteiger partial charge in [0.2, 0.25) is 0 Å². The molecular formula is C18H12Cl4F3NO6. The van der Waals surface area contributed by atoms with E-state index in [2.05, 4.69) is 0 Å². The second-order valence-corrected chi connectivity index (χ2v) is 8.69. The van der Waals surface area contributed by atoms with Crippen LogP contribution in [0.4, 0.5) is 18.9 Å². The van der Waals surface area contributed by atoms with Gasteiger partial charge in [-0.15, -0.1) is 0 Å². The number of carbonyl (C=O) groups is 1. The third-order valence-corrected chi connectivity index (χ3v) is 4.50. The highest BCUT2D eigenvalue weighted by atomic mass is 35.6. The minimum absolute atomic E-state index is 0.0104. The van der Waals surface area contributed by atoms with E-state index in [1.165, 1.54) is 6.92 Å². The van der Waals surface area contributed by atoms with Crippen molar-refractivity contribution in [2.75, 3.05) is 6.61 Å². The van der Waals surface area contributed by atoms with E-state index in [0.717, 1.165) is 30.3 Å². The van der Waals surface area contributed by atoms with Gasteiger partial charge in [0.1, 0.15) is 17.1 Å². The van der Waals surface area contributed by atoms with Gasteiger partial charge in [-0.3, -0.25) is 10.1 Å². The number of rotatable bonds is 7. The van der Waals surface area contributed by atoms with Gasteiger partial charge in [-0.05, 0) is 31.2 Å².